The van der Waals surface area contributed by atoms with Crippen molar-refractivity contribution in [3.63, 3.8) is 0 Å². The van der Waals surface area contributed by atoms with Crippen LogP contribution >= 0.6 is 0 Å². The first-order valence-corrected chi connectivity index (χ1v) is 9.44. The zero-order chi connectivity index (χ0) is 17.5. The smallest absolute Gasteiger partial charge is 0.249 e. The van der Waals surface area contributed by atoms with Gasteiger partial charge < -0.3 is 5.32 Å². The number of carbonyl (C=O) groups excluding carboxylic acids is 1. The van der Waals surface area contributed by atoms with Crippen LogP contribution in [0.15, 0.2) is 60.7 Å². The fourth-order valence-corrected chi connectivity index (χ4v) is 3.98. The largest absolute Gasteiger partial charge is 0.324 e. The van der Waals surface area contributed by atoms with Gasteiger partial charge in [-0.15, -0.1) is 0 Å². The van der Waals surface area contributed by atoms with Gasteiger partial charge in [-0.25, -0.2) is 0 Å². The summed E-state index contributed by atoms with van der Waals surface area (Å²) in [5, 5.41) is 3.18. The van der Waals surface area contributed by atoms with Gasteiger partial charge in [0.1, 0.15) is 5.54 Å². The molecule has 0 spiro atoms. The van der Waals surface area contributed by atoms with Gasteiger partial charge in [-0.1, -0.05) is 68.3 Å². The lowest BCUT2D eigenvalue weighted by Gasteiger charge is -2.45. The average molecular weight is 336 g/mol. The zero-order valence-corrected chi connectivity index (χ0v) is 15.1. The van der Waals surface area contributed by atoms with Gasteiger partial charge in [-0.05, 0) is 50.0 Å². The number of anilines is 1. The summed E-state index contributed by atoms with van der Waals surface area (Å²) in [7, 11) is 0. The fraction of sp³-hybridized carbons (Fsp3) is 0.409. The van der Waals surface area contributed by atoms with Crippen molar-refractivity contribution in [1.29, 1.82) is 0 Å². The van der Waals surface area contributed by atoms with E-state index in [4.69, 9.17) is 0 Å². The van der Waals surface area contributed by atoms with Crippen LogP contribution in [0.3, 0.4) is 0 Å². The normalized spacial score (nSPS) is 17.6. The quantitative estimate of drug-likeness (QED) is 0.821. The second kappa shape index (κ2) is 8.30. The van der Waals surface area contributed by atoms with E-state index in [-0.39, 0.29) is 5.91 Å². The summed E-state index contributed by atoms with van der Waals surface area (Å²) in [5.41, 5.74) is 1.37. The molecule has 1 heterocycles. The van der Waals surface area contributed by atoms with E-state index in [1.54, 1.807) is 0 Å². The number of likely N-dealkylation sites (tertiary alicyclic amines) is 1. The maximum Gasteiger partial charge on any atom is 0.249 e. The SMILES string of the molecule is CCCC(C(=O)Nc1ccccc1)(c1ccccc1)N1CCCCC1. The Kier molecular flexibility index (Phi) is 5.87. The van der Waals surface area contributed by atoms with Crippen molar-refractivity contribution in [3.05, 3.63) is 66.2 Å². The molecule has 132 valence electrons. The second-order valence-corrected chi connectivity index (χ2v) is 6.84. The van der Waals surface area contributed by atoms with E-state index in [2.05, 4.69) is 29.3 Å². The predicted molar refractivity (Wildman–Crippen MR) is 104 cm³/mol. The number of hydrogen-bond donors (Lipinski definition) is 1. The van der Waals surface area contributed by atoms with E-state index in [0.29, 0.717) is 0 Å². The van der Waals surface area contributed by atoms with Crippen LogP contribution in [-0.2, 0) is 10.3 Å². The number of carbonyl (C=O) groups is 1. The highest BCUT2D eigenvalue weighted by Gasteiger charge is 2.45. The Morgan fingerprint density at radius 3 is 2.16 bits per heavy atom. The lowest BCUT2D eigenvalue weighted by atomic mass is 9.81. The minimum atomic E-state index is -0.591. The molecule has 1 atom stereocenters. The molecule has 3 nitrogen and oxygen atoms in total. The zero-order valence-electron chi connectivity index (χ0n) is 15.1. The van der Waals surface area contributed by atoms with Crippen LogP contribution in [0.4, 0.5) is 5.69 Å². The molecule has 2 aromatic rings. The number of piperidine rings is 1. The third-order valence-electron chi connectivity index (χ3n) is 5.17. The van der Waals surface area contributed by atoms with Gasteiger partial charge in [0.05, 0.1) is 0 Å². The van der Waals surface area contributed by atoms with Gasteiger partial charge in [0.2, 0.25) is 5.91 Å². The van der Waals surface area contributed by atoms with Gasteiger partial charge in [-0.3, -0.25) is 9.69 Å². The van der Waals surface area contributed by atoms with Crippen LogP contribution < -0.4 is 5.32 Å². The molecule has 1 amide bonds. The summed E-state index contributed by atoms with van der Waals surface area (Å²) >= 11 is 0. The lowest BCUT2D eigenvalue weighted by molar-refractivity contribution is -0.130. The van der Waals surface area contributed by atoms with Crippen molar-refractivity contribution in [3.8, 4) is 0 Å². The average Bonchev–Trinajstić information content (AvgIpc) is 2.68. The standard InChI is InChI=1S/C22H28N2O/c1-2-16-22(19-12-6-3-7-13-19,24-17-10-5-11-18-24)21(25)23-20-14-8-4-9-15-20/h3-4,6-9,12-15H,2,5,10-11,16-18H2,1H3,(H,23,25). The Labute approximate surface area is 151 Å². The molecule has 1 unspecified atom stereocenters. The van der Waals surface area contributed by atoms with Gasteiger partial charge in [0.15, 0.2) is 0 Å². The van der Waals surface area contributed by atoms with Crippen LogP contribution in [-0.4, -0.2) is 23.9 Å². The molecule has 0 aliphatic carbocycles. The molecule has 0 bridgehead atoms. The van der Waals surface area contributed by atoms with Crippen LogP contribution in [0.1, 0.15) is 44.6 Å². The van der Waals surface area contributed by atoms with E-state index < -0.39 is 5.54 Å². The minimum absolute atomic E-state index is 0.0913. The molecule has 1 fully saturated rings. The van der Waals surface area contributed by atoms with Gasteiger partial charge in [0.25, 0.3) is 0 Å². The van der Waals surface area contributed by atoms with E-state index in [1.165, 1.54) is 6.42 Å². The number of rotatable bonds is 6. The minimum Gasteiger partial charge on any atom is -0.324 e. The lowest BCUT2D eigenvalue weighted by Crippen LogP contribution is -2.56. The number of benzene rings is 2. The van der Waals surface area contributed by atoms with Crippen molar-refractivity contribution < 1.29 is 4.79 Å². The molecule has 3 rings (SSSR count). The van der Waals surface area contributed by atoms with Crippen molar-refractivity contribution in [2.24, 2.45) is 0 Å². The highest BCUT2D eigenvalue weighted by molar-refractivity contribution is 5.98. The molecule has 1 aliphatic heterocycles. The molecular weight excluding hydrogens is 308 g/mol. The number of hydrogen-bond acceptors (Lipinski definition) is 2. The van der Waals surface area contributed by atoms with E-state index in [1.807, 2.05) is 48.5 Å². The van der Waals surface area contributed by atoms with E-state index in [0.717, 1.165) is 50.0 Å². The van der Waals surface area contributed by atoms with Crippen LogP contribution in [0.2, 0.25) is 0 Å². The summed E-state index contributed by atoms with van der Waals surface area (Å²) in [4.78, 5) is 16.0. The molecular formula is C22H28N2O. The first-order valence-electron chi connectivity index (χ1n) is 9.44. The van der Waals surface area contributed by atoms with Crippen LogP contribution in [0.25, 0.3) is 0 Å². The molecule has 0 saturated carbocycles. The number of amides is 1. The first-order chi connectivity index (χ1) is 12.3. The maximum atomic E-state index is 13.6. The first kappa shape index (κ1) is 17.7. The van der Waals surface area contributed by atoms with Crippen molar-refractivity contribution in [1.82, 2.24) is 4.90 Å². The number of nitrogens with one attached hydrogen (secondary N) is 1. The summed E-state index contributed by atoms with van der Waals surface area (Å²) < 4.78 is 0. The molecule has 3 heteroatoms. The van der Waals surface area contributed by atoms with Gasteiger partial charge in [-0.2, -0.15) is 0 Å². The van der Waals surface area contributed by atoms with Crippen molar-refractivity contribution in [2.75, 3.05) is 18.4 Å². The highest BCUT2D eigenvalue weighted by Crippen LogP contribution is 2.37. The molecule has 1 saturated heterocycles. The Bertz CT molecular complexity index is 665. The van der Waals surface area contributed by atoms with E-state index in [9.17, 15) is 4.79 Å². The Hall–Kier alpha value is -2.13. The number of para-hydroxylation sites is 1. The molecule has 0 radical (unpaired) electrons. The molecule has 2 aromatic carbocycles. The summed E-state index contributed by atoms with van der Waals surface area (Å²) in [6.07, 6.45) is 5.38. The maximum absolute atomic E-state index is 13.6. The topological polar surface area (TPSA) is 32.3 Å². The van der Waals surface area contributed by atoms with Crippen LogP contribution in [0.5, 0.6) is 0 Å². The fourth-order valence-electron chi connectivity index (χ4n) is 3.98. The van der Waals surface area contributed by atoms with Crippen molar-refractivity contribution >= 4 is 11.6 Å². The summed E-state index contributed by atoms with van der Waals surface area (Å²) in [5.74, 6) is 0.0913. The molecule has 0 aromatic heterocycles. The Morgan fingerprint density at radius 2 is 1.56 bits per heavy atom. The van der Waals surface area contributed by atoms with Gasteiger partial charge in [0, 0.05) is 5.69 Å². The number of nitrogens with zero attached hydrogens (tertiary/aromatic N) is 1. The monoisotopic (exact) mass is 336 g/mol. The third-order valence-corrected chi connectivity index (χ3v) is 5.17. The predicted octanol–water partition coefficient (Wildman–Crippen LogP) is 4.81. The van der Waals surface area contributed by atoms with Crippen molar-refractivity contribution in [2.45, 2.75) is 44.6 Å². The van der Waals surface area contributed by atoms with Gasteiger partial charge >= 0.3 is 0 Å². The summed E-state index contributed by atoms with van der Waals surface area (Å²) in [6, 6.07) is 20.1. The second-order valence-electron chi connectivity index (χ2n) is 6.84. The third kappa shape index (κ3) is 3.77. The molecule has 25 heavy (non-hydrogen) atoms. The Balaban J connectivity index is 2.01. The highest BCUT2D eigenvalue weighted by atomic mass is 16.2. The van der Waals surface area contributed by atoms with E-state index >= 15 is 0 Å². The molecule has 1 aliphatic rings. The molecule has 1 N–H and O–H groups in total. The Morgan fingerprint density at radius 1 is 0.960 bits per heavy atom. The van der Waals surface area contributed by atoms with Crippen LogP contribution in [0, 0.1) is 0 Å². The summed E-state index contributed by atoms with van der Waals surface area (Å²) in [6.45, 7) is 4.13.